The quantitative estimate of drug-likeness (QED) is 0.264. The van der Waals surface area contributed by atoms with Crippen molar-refractivity contribution in [3.05, 3.63) is 90.5 Å². The minimum absolute atomic E-state index is 0.183. The maximum absolute atomic E-state index is 12.5. The second kappa shape index (κ2) is 10.7. The fourth-order valence-electron chi connectivity index (χ4n) is 3.37. The highest BCUT2D eigenvalue weighted by Crippen LogP contribution is 2.32. The lowest BCUT2D eigenvalue weighted by atomic mass is 10.1. The number of hydrogen-bond acceptors (Lipinski definition) is 5. The van der Waals surface area contributed by atoms with Gasteiger partial charge in [-0.25, -0.2) is 9.78 Å². The van der Waals surface area contributed by atoms with Crippen LogP contribution in [0, 0.1) is 0 Å². The molecule has 2 N–H and O–H groups in total. The molecule has 1 amide bonds. The van der Waals surface area contributed by atoms with Gasteiger partial charge in [0.25, 0.3) is 0 Å². The minimum Gasteiger partial charge on any atom is -0.465 e. The molecule has 0 saturated heterocycles. The molecule has 0 radical (unpaired) electrons. The van der Waals surface area contributed by atoms with Gasteiger partial charge in [-0.1, -0.05) is 84.6 Å². The summed E-state index contributed by atoms with van der Waals surface area (Å²) in [4.78, 5) is 32.6. The van der Waals surface area contributed by atoms with Crippen LogP contribution in [-0.4, -0.2) is 34.7 Å². The number of amides is 1. The Bertz CT molecular complexity index is 1180. The molecule has 0 aliphatic rings. The van der Waals surface area contributed by atoms with Gasteiger partial charge in [-0.15, -0.1) is 0 Å². The maximum atomic E-state index is 12.5. The molecule has 6 nitrogen and oxygen atoms in total. The maximum Gasteiger partial charge on any atom is 0.339 e. The summed E-state index contributed by atoms with van der Waals surface area (Å²) < 4.78 is 4.78. The Morgan fingerprint density at radius 2 is 1.55 bits per heavy atom. The summed E-state index contributed by atoms with van der Waals surface area (Å²) in [6.45, 7) is 0. The number of carbonyl (C=O) groups excluding carboxylic acids is 2. The van der Waals surface area contributed by atoms with E-state index in [4.69, 9.17) is 9.72 Å². The zero-order valence-electron chi connectivity index (χ0n) is 18.1. The van der Waals surface area contributed by atoms with Crippen LogP contribution in [0.4, 0.5) is 5.69 Å². The molecule has 0 unspecified atom stereocenters. The van der Waals surface area contributed by atoms with E-state index in [0.29, 0.717) is 17.0 Å². The number of ether oxygens (including phenoxy) is 1. The van der Waals surface area contributed by atoms with Gasteiger partial charge in [0.1, 0.15) is 0 Å². The lowest BCUT2D eigenvalue weighted by Gasteiger charge is -2.09. The van der Waals surface area contributed by atoms with Crippen LogP contribution in [0.5, 0.6) is 0 Å². The van der Waals surface area contributed by atoms with Gasteiger partial charge < -0.3 is 15.0 Å². The third-order valence-electron chi connectivity index (χ3n) is 4.97. The first-order valence-corrected chi connectivity index (χ1v) is 11.4. The average molecular weight is 458 g/mol. The summed E-state index contributed by atoms with van der Waals surface area (Å²) in [5, 5.41) is 3.54. The number of aromatic nitrogens is 2. The molecule has 0 saturated carbocycles. The molecule has 4 rings (SSSR count). The van der Waals surface area contributed by atoms with Crippen molar-refractivity contribution in [2.75, 3.05) is 18.2 Å². The van der Waals surface area contributed by atoms with Gasteiger partial charge in [-0.2, -0.15) is 0 Å². The van der Waals surface area contributed by atoms with Gasteiger partial charge in [-0.05, 0) is 12.1 Å². The van der Waals surface area contributed by atoms with Crippen LogP contribution in [0.3, 0.4) is 0 Å². The number of imidazole rings is 1. The van der Waals surface area contributed by atoms with E-state index in [2.05, 4.69) is 10.3 Å². The summed E-state index contributed by atoms with van der Waals surface area (Å²) in [7, 11) is 1.31. The fourth-order valence-corrected chi connectivity index (χ4v) is 4.18. The van der Waals surface area contributed by atoms with E-state index in [1.165, 1.54) is 18.9 Å². The van der Waals surface area contributed by atoms with Crippen LogP contribution >= 0.6 is 11.8 Å². The molecule has 7 heteroatoms. The number of para-hydroxylation sites is 1. The third-order valence-corrected chi connectivity index (χ3v) is 5.84. The smallest absolute Gasteiger partial charge is 0.339 e. The first-order chi connectivity index (χ1) is 16.2. The van der Waals surface area contributed by atoms with Crippen LogP contribution in [0.2, 0.25) is 0 Å². The molecule has 1 heterocycles. The Labute approximate surface area is 196 Å². The molecule has 166 valence electrons. The van der Waals surface area contributed by atoms with Crippen molar-refractivity contribution >= 4 is 29.3 Å². The lowest BCUT2D eigenvalue weighted by Crippen LogP contribution is -2.15. The molecule has 0 bridgehead atoms. The molecule has 33 heavy (non-hydrogen) atoms. The number of anilines is 1. The number of esters is 1. The second-order valence-corrected chi connectivity index (χ2v) is 8.27. The van der Waals surface area contributed by atoms with Gasteiger partial charge in [0.2, 0.25) is 5.91 Å². The highest BCUT2D eigenvalue weighted by atomic mass is 32.2. The van der Waals surface area contributed by atoms with E-state index >= 15 is 0 Å². The lowest BCUT2D eigenvalue weighted by molar-refractivity contribution is -0.115. The molecule has 0 fully saturated rings. The van der Waals surface area contributed by atoms with Crippen LogP contribution in [0.1, 0.15) is 16.8 Å². The SMILES string of the molecule is COC(=O)c1ccccc1NC(=O)CCSc1nc(-c2ccccc2)c(-c2ccccc2)[nH]1. The molecular formula is C26H23N3O3S. The molecule has 0 aliphatic carbocycles. The van der Waals surface area contributed by atoms with Crippen molar-refractivity contribution in [2.24, 2.45) is 0 Å². The van der Waals surface area contributed by atoms with Crippen LogP contribution in [-0.2, 0) is 9.53 Å². The van der Waals surface area contributed by atoms with Crippen molar-refractivity contribution in [1.82, 2.24) is 9.97 Å². The van der Waals surface area contributed by atoms with Gasteiger partial charge >= 0.3 is 5.97 Å². The number of methoxy groups -OCH3 is 1. The van der Waals surface area contributed by atoms with Crippen molar-refractivity contribution in [3.63, 3.8) is 0 Å². The number of carbonyl (C=O) groups is 2. The normalized spacial score (nSPS) is 10.6. The van der Waals surface area contributed by atoms with Gasteiger partial charge in [0, 0.05) is 23.3 Å². The molecule has 4 aromatic rings. The summed E-state index contributed by atoms with van der Waals surface area (Å²) in [5.41, 5.74) is 4.66. The predicted octanol–water partition coefficient (Wildman–Crippen LogP) is 5.65. The minimum atomic E-state index is -0.488. The summed E-state index contributed by atoms with van der Waals surface area (Å²) in [6, 6.07) is 26.9. The molecular weight excluding hydrogens is 434 g/mol. The van der Waals surface area contributed by atoms with Gasteiger partial charge in [-0.3, -0.25) is 4.79 Å². The number of rotatable bonds is 8. The van der Waals surface area contributed by atoms with Gasteiger partial charge in [0.05, 0.1) is 29.7 Å². The molecule has 0 spiro atoms. The zero-order chi connectivity index (χ0) is 23.0. The summed E-state index contributed by atoms with van der Waals surface area (Å²) in [5.74, 6) is -0.142. The number of thioether (sulfide) groups is 1. The number of nitrogens with one attached hydrogen (secondary N) is 2. The second-order valence-electron chi connectivity index (χ2n) is 7.18. The van der Waals surface area contributed by atoms with Crippen molar-refractivity contribution in [1.29, 1.82) is 0 Å². The van der Waals surface area contributed by atoms with E-state index in [0.717, 1.165) is 27.7 Å². The van der Waals surface area contributed by atoms with E-state index in [-0.39, 0.29) is 12.3 Å². The van der Waals surface area contributed by atoms with Crippen molar-refractivity contribution in [3.8, 4) is 22.5 Å². The van der Waals surface area contributed by atoms with E-state index < -0.39 is 5.97 Å². The molecule has 1 aromatic heterocycles. The Hall–Kier alpha value is -3.84. The zero-order valence-corrected chi connectivity index (χ0v) is 18.9. The number of benzene rings is 3. The molecule has 3 aromatic carbocycles. The number of aromatic amines is 1. The standard InChI is InChI=1S/C26H23N3O3S/c1-32-25(31)20-14-8-9-15-21(20)27-22(30)16-17-33-26-28-23(18-10-4-2-5-11-18)24(29-26)19-12-6-3-7-13-19/h2-15H,16-17H2,1H3,(H,27,30)(H,28,29). The summed E-state index contributed by atoms with van der Waals surface area (Å²) in [6.07, 6.45) is 0.266. The van der Waals surface area contributed by atoms with Crippen molar-refractivity contribution in [2.45, 2.75) is 11.6 Å². The number of nitrogens with zero attached hydrogens (tertiary/aromatic N) is 1. The van der Waals surface area contributed by atoms with Crippen LogP contribution in [0.25, 0.3) is 22.5 Å². The van der Waals surface area contributed by atoms with Crippen LogP contribution < -0.4 is 5.32 Å². The molecule has 0 atom stereocenters. The Kier molecular flexibility index (Phi) is 7.22. The molecule has 0 aliphatic heterocycles. The largest absolute Gasteiger partial charge is 0.465 e. The monoisotopic (exact) mass is 457 g/mol. The third kappa shape index (κ3) is 5.51. The van der Waals surface area contributed by atoms with E-state index in [9.17, 15) is 9.59 Å². The first-order valence-electron chi connectivity index (χ1n) is 10.5. The summed E-state index contributed by atoms with van der Waals surface area (Å²) >= 11 is 1.48. The predicted molar refractivity (Wildman–Crippen MR) is 131 cm³/mol. The van der Waals surface area contributed by atoms with E-state index in [1.807, 2.05) is 60.7 Å². The van der Waals surface area contributed by atoms with Crippen LogP contribution in [0.15, 0.2) is 90.1 Å². The Balaban J connectivity index is 1.45. The van der Waals surface area contributed by atoms with Gasteiger partial charge in [0.15, 0.2) is 5.16 Å². The Morgan fingerprint density at radius 1 is 0.909 bits per heavy atom. The Morgan fingerprint density at radius 3 is 2.24 bits per heavy atom. The first kappa shape index (κ1) is 22.4. The number of hydrogen-bond donors (Lipinski definition) is 2. The number of H-pyrrole nitrogens is 1. The van der Waals surface area contributed by atoms with Crippen molar-refractivity contribution < 1.29 is 14.3 Å². The average Bonchev–Trinajstić information content (AvgIpc) is 3.29. The van der Waals surface area contributed by atoms with E-state index in [1.54, 1.807) is 24.3 Å². The fraction of sp³-hybridized carbons (Fsp3) is 0.115. The highest BCUT2D eigenvalue weighted by molar-refractivity contribution is 7.99. The topological polar surface area (TPSA) is 84.1 Å². The highest BCUT2D eigenvalue weighted by Gasteiger charge is 2.16.